The zero-order chi connectivity index (χ0) is 7.98. The van der Waals surface area contributed by atoms with E-state index in [1.165, 1.54) is 5.56 Å². The van der Waals surface area contributed by atoms with Crippen LogP contribution in [0.4, 0.5) is 5.69 Å². The fraction of sp³-hybridized carbons (Fsp3) is 0.333. The molecule has 0 aliphatic heterocycles. The topological polar surface area (TPSA) is 26.0 Å². The molecule has 0 saturated heterocycles. The van der Waals surface area contributed by atoms with Crippen LogP contribution in [-0.4, -0.2) is 0 Å². The molecule has 0 atom stereocenters. The van der Waals surface area contributed by atoms with Crippen LogP contribution in [0.3, 0.4) is 0 Å². The summed E-state index contributed by atoms with van der Waals surface area (Å²) in [6.45, 7) is 6.02. The van der Waals surface area contributed by atoms with Gasteiger partial charge in [-0.2, -0.15) is 0 Å². The zero-order valence-electron chi connectivity index (χ0n) is 6.89. The molecule has 1 aromatic carbocycles. The largest absolute Gasteiger partial charge is 0.399 e. The Balaban J connectivity index is 0.000000371. The molecule has 0 radical (unpaired) electrons. The average molecular weight is 137 g/mol. The molecule has 1 aromatic rings. The Morgan fingerprint density at radius 1 is 1.20 bits per heavy atom. The molecule has 10 heavy (non-hydrogen) atoms. The van der Waals surface area contributed by atoms with Gasteiger partial charge >= 0.3 is 0 Å². The summed E-state index contributed by atoms with van der Waals surface area (Å²) < 4.78 is 0. The van der Waals surface area contributed by atoms with Gasteiger partial charge in [0.1, 0.15) is 0 Å². The maximum atomic E-state index is 5.46. The fourth-order valence-corrected chi connectivity index (χ4v) is 0.670. The van der Waals surface area contributed by atoms with Crippen LogP contribution in [-0.2, 0) is 0 Å². The van der Waals surface area contributed by atoms with Gasteiger partial charge in [-0.1, -0.05) is 26.0 Å². The van der Waals surface area contributed by atoms with E-state index in [1.54, 1.807) is 0 Å². The molecule has 0 saturated carbocycles. The van der Waals surface area contributed by atoms with Crippen LogP contribution in [0.2, 0.25) is 0 Å². The molecule has 2 N–H and O–H groups in total. The third-order valence-corrected chi connectivity index (χ3v) is 1.04. The van der Waals surface area contributed by atoms with Gasteiger partial charge in [0.25, 0.3) is 0 Å². The van der Waals surface area contributed by atoms with Gasteiger partial charge < -0.3 is 5.73 Å². The fourth-order valence-electron chi connectivity index (χ4n) is 0.670. The van der Waals surface area contributed by atoms with Crippen molar-refractivity contribution in [1.29, 1.82) is 0 Å². The van der Waals surface area contributed by atoms with E-state index in [-0.39, 0.29) is 0 Å². The van der Waals surface area contributed by atoms with Crippen LogP contribution in [0.1, 0.15) is 19.4 Å². The molecule has 0 fully saturated rings. The number of nitrogen functional groups attached to an aromatic ring is 1. The van der Waals surface area contributed by atoms with Crippen LogP contribution in [0.5, 0.6) is 0 Å². The number of hydrogen-bond donors (Lipinski definition) is 1. The normalized spacial score (nSPS) is 7.90. The number of anilines is 1. The molecule has 0 aliphatic rings. The van der Waals surface area contributed by atoms with Gasteiger partial charge in [-0.3, -0.25) is 0 Å². The van der Waals surface area contributed by atoms with E-state index in [1.807, 2.05) is 45.0 Å². The first-order valence-electron chi connectivity index (χ1n) is 3.61. The molecule has 0 aliphatic carbocycles. The van der Waals surface area contributed by atoms with Gasteiger partial charge in [0.2, 0.25) is 0 Å². The Hall–Kier alpha value is -0.980. The highest BCUT2D eigenvalue weighted by Gasteiger charge is 1.81. The second kappa shape index (κ2) is 4.86. The lowest BCUT2D eigenvalue weighted by Crippen LogP contribution is -1.82. The van der Waals surface area contributed by atoms with E-state index in [4.69, 9.17) is 5.73 Å². The van der Waals surface area contributed by atoms with E-state index in [0.29, 0.717) is 0 Å². The summed E-state index contributed by atoms with van der Waals surface area (Å²) in [5.41, 5.74) is 7.51. The molecule has 1 heteroatoms. The third kappa shape index (κ3) is 3.13. The summed E-state index contributed by atoms with van der Waals surface area (Å²) in [5.74, 6) is 0. The van der Waals surface area contributed by atoms with Crippen LogP contribution in [0, 0.1) is 6.92 Å². The number of rotatable bonds is 0. The SMILES string of the molecule is CC.Cc1cccc(N)c1. The molecular weight excluding hydrogens is 122 g/mol. The molecule has 56 valence electrons. The minimum Gasteiger partial charge on any atom is -0.399 e. The summed E-state index contributed by atoms with van der Waals surface area (Å²) >= 11 is 0. The van der Waals surface area contributed by atoms with Crippen molar-refractivity contribution in [3.05, 3.63) is 29.8 Å². The maximum Gasteiger partial charge on any atom is 0.0316 e. The average Bonchev–Trinajstić information content (AvgIpc) is 1.91. The zero-order valence-corrected chi connectivity index (χ0v) is 6.89. The highest BCUT2D eigenvalue weighted by Crippen LogP contribution is 2.03. The Morgan fingerprint density at radius 3 is 2.10 bits per heavy atom. The number of aryl methyl sites for hydroxylation is 1. The second-order valence-electron chi connectivity index (χ2n) is 1.91. The molecule has 1 nitrogen and oxygen atoms in total. The molecule has 1 rings (SSSR count). The van der Waals surface area contributed by atoms with Gasteiger partial charge in [-0.25, -0.2) is 0 Å². The van der Waals surface area contributed by atoms with Crippen molar-refractivity contribution in [2.45, 2.75) is 20.8 Å². The van der Waals surface area contributed by atoms with Crippen LogP contribution >= 0.6 is 0 Å². The van der Waals surface area contributed by atoms with E-state index < -0.39 is 0 Å². The molecular formula is C9H15N. The quantitative estimate of drug-likeness (QED) is 0.546. The van der Waals surface area contributed by atoms with Crippen LogP contribution in [0.25, 0.3) is 0 Å². The summed E-state index contributed by atoms with van der Waals surface area (Å²) in [4.78, 5) is 0. The number of benzene rings is 1. The van der Waals surface area contributed by atoms with Crippen molar-refractivity contribution in [3.8, 4) is 0 Å². The second-order valence-corrected chi connectivity index (χ2v) is 1.91. The van der Waals surface area contributed by atoms with E-state index in [0.717, 1.165) is 5.69 Å². The first-order chi connectivity index (χ1) is 4.79. The first-order valence-corrected chi connectivity index (χ1v) is 3.61. The lowest BCUT2D eigenvalue weighted by atomic mass is 10.2. The first kappa shape index (κ1) is 9.02. The van der Waals surface area contributed by atoms with Crippen molar-refractivity contribution in [3.63, 3.8) is 0 Å². The molecule has 0 amide bonds. The van der Waals surface area contributed by atoms with E-state index in [2.05, 4.69) is 0 Å². The minimum absolute atomic E-state index is 0.838. The lowest BCUT2D eigenvalue weighted by Gasteiger charge is -1.91. The standard InChI is InChI=1S/C7H9N.C2H6/c1-6-3-2-4-7(8)5-6;1-2/h2-5H,8H2,1H3;1-2H3. The molecule has 0 unspecified atom stereocenters. The van der Waals surface area contributed by atoms with Gasteiger partial charge in [0.15, 0.2) is 0 Å². The van der Waals surface area contributed by atoms with Gasteiger partial charge in [-0.15, -0.1) is 0 Å². The van der Waals surface area contributed by atoms with Crippen molar-refractivity contribution >= 4 is 5.69 Å². The maximum absolute atomic E-state index is 5.46. The van der Waals surface area contributed by atoms with Crippen molar-refractivity contribution in [1.82, 2.24) is 0 Å². The van der Waals surface area contributed by atoms with Gasteiger partial charge in [0.05, 0.1) is 0 Å². The molecule has 0 bridgehead atoms. The number of hydrogen-bond acceptors (Lipinski definition) is 1. The molecule has 0 aromatic heterocycles. The smallest absolute Gasteiger partial charge is 0.0316 e. The lowest BCUT2D eigenvalue weighted by molar-refractivity contribution is 1.47. The monoisotopic (exact) mass is 137 g/mol. The van der Waals surface area contributed by atoms with Crippen LogP contribution in [0.15, 0.2) is 24.3 Å². The third-order valence-electron chi connectivity index (χ3n) is 1.04. The summed E-state index contributed by atoms with van der Waals surface area (Å²) in [6, 6.07) is 7.80. The number of nitrogens with two attached hydrogens (primary N) is 1. The van der Waals surface area contributed by atoms with E-state index >= 15 is 0 Å². The Morgan fingerprint density at radius 2 is 1.80 bits per heavy atom. The predicted molar refractivity (Wildman–Crippen MR) is 46.9 cm³/mol. The Kier molecular flexibility index (Phi) is 4.38. The van der Waals surface area contributed by atoms with Crippen molar-refractivity contribution in [2.24, 2.45) is 0 Å². The summed E-state index contributed by atoms with van der Waals surface area (Å²) in [6.07, 6.45) is 0. The summed E-state index contributed by atoms with van der Waals surface area (Å²) in [5, 5.41) is 0. The highest BCUT2D eigenvalue weighted by atomic mass is 14.5. The molecule has 0 spiro atoms. The van der Waals surface area contributed by atoms with Gasteiger partial charge in [-0.05, 0) is 24.6 Å². The van der Waals surface area contributed by atoms with Gasteiger partial charge in [0, 0.05) is 5.69 Å². The Labute approximate surface area is 62.9 Å². The molecule has 0 heterocycles. The van der Waals surface area contributed by atoms with Crippen molar-refractivity contribution < 1.29 is 0 Å². The predicted octanol–water partition coefficient (Wildman–Crippen LogP) is 2.60. The Bertz CT molecular complexity index is 165. The highest BCUT2D eigenvalue weighted by molar-refractivity contribution is 5.39. The minimum atomic E-state index is 0.838. The van der Waals surface area contributed by atoms with Crippen LogP contribution < -0.4 is 5.73 Å². The summed E-state index contributed by atoms with van der Waals surface area (Å²) in [7, 11) is 0. The van der Waals surface area contributed by atoms with Crippen molar-refractivity contribution in [2.75, 3.05) is 5.73 Å². The van der Waals surface area contributed by atoms with E-state index in [9.17, 15) is 0 Å².